The van der Waals surface area contributed by atoms with Gasteiger partial charge >= 0.3 is 0 Å². The molecular weight excluding hydrogens is 354 g/mol. The van der Waals surface area contributed by atoms with Crippen molar-refractivity contribution in [3.05, 3.63) is 42.0 Å². The van der Waals surface area contributed by atoms with Crippen molar-refractivity contribution in [2.75, 3.05) is 4.90 Å². The van der Waals surface area contributed by atoms with Crippen molar-refractivity contribution in [1.29, 1.82) is 0 Å². The molecule has 0 radical (unpaired) electrons. The smallest absolute Gasteiger partial charge is 0.258 e. The number of amides is 2. The van der Waals surface area contributed by atoms with Gasteiger partial charge in [0, 0.05) is 12.2 Å². The fraction of sp³-hybridized carbons (Fsp3) is 0.565. The number of nitrogens with zero attached hydrogens (tertiary/aromatic N) is 1. The summed E-state index contributed by atoms with van der Waals surface area (Å²) in [5, 5.41) is 0. The fourth-order valence-electron chi connectivity index (χ4n) is 5.20. The highest BCUT2D eigenvalue weighted by molar-refractivity contribution is 6.28. The third-order valence-corrected chi connectivity index (χ3v) is 7.25. The maximum absolute atomic E-state index is 12.0. The van der Waals surface area contributed by atoms with E-state index in [-0.39, 0.29) is 17.4 Å². The van der Waals surface area contributed by atoms with Crippen LogP contribution in [0.5, 0.6) is 0 Å². The Morgan fingerprint density at radius 1 is 1.11 bits per heavy atom. The van der Waals surface area contributed by atoms with Gasteiger partial charge in [0.2, 0.25) is 0 Å². The van der Waals surface area contributed by atoms with Crippen molar-refractivity contribution >= 4 is 17.5 Å². The van der Waals surface area contributed by atoms with Gasteiger partial charge in [0.15, 0.2) is 0 Å². The Morgan fingerprint density at radius 2 is 1.79 bits per heavy atom. The number of anilines is 1. The number of carbonyl (C=O) groups is 2. The van der Waals surface area contributed by atoms with E-state index in [4.69, 9.17) is 9.78 Å². The van der Waals surface area contributed by atoms with E-state index in [1.165, 1.54) is 29.9 Å². The third kappa shape index (κ3) is 2.92. The molecule has 1 aromatic rings. The Morgan fingerprint density at radius 3 is 2.39 bits per heavy atom. The molecule has 0 spiro atoms. The van der Waals surface area contributed by atoms with Gasteiger partial charge in [-0.15, -0.1) is 0 Å². The van der Waals surface area contributed by atoms with Crippen molar-refractivity contribution in [3.8, 4) is 0 Å². The van der Waals surface area contributed by atoms with Gasteiger partial charge in [-0.25, -0.2) is 14.7 Å². The van der Waals surface area contributed by atoms with Crippen LogP contribution in [0.25, 0.3) is 0 Å². The highest BCUT2D eigenvalue weighted by Gasteiger charge is 2.61. The highest BCUT2D eigenvalue weighted by Crippen LogP contribution is 2.63. The van der Waals surface area contributed by atoms with Crippen LogP contribution < -0.4 is 4.90 Å². The van der Waals surface area contributed by atoms with Gasteiger partial charge in [0.25, 0.3) is 11.8 Å². The predicted molar refractivity (Wildman–Crippen MR) is 106 cm³/mol. The summed E-state index contributed by atoms with van der Waals surface area (Å²) < 4.78 is 0. The van der Waals surface area contributed by atoms with Crippen LogP contribution >= 0.6 is 0 Å². The molecule has 2 amide bonds. The molecule has 5 rings (SSSR count). The number of carbonyl (C=O) groups excluding carboxylic acids is 2. The number of fused-ring (bicyclic) bond motifs is 2. The average Bonchev–Trinajstić information content (AvgIpc) is 2.98. The lowest BCUT2D eigenvalue weighted by Gasteiger charge is -2.63. The van der Waals surface area contributed by atoms with Crippen LogP contribution in [0.1, 0.15) is 59.4 Å². The van der Waals surface area contributed by atoms with Crippen LogP contribution in [0.3, 0.4) is 0 Å². The van der Waals surface area contributed by atoms with E-state index in [2.05, 4.69) is 20.8 Å². The van der Waals surface area contributed by atoms with Crippen molar-refractivity contribution in [1.82, 2.24) is 0 Å². The van der Waals surface area contributed by atoms with E-state index in [1.54, 1.807) is 6.07 Å². The quantitative estimate of drug-likeness (QED) is 0.426. The zero-order valence-electron chi connectivity index (χ0n) is 17.3. The van der Waals surface area contributed by atoms with E-state index >= 15 is 0 Å². The van der Waals surface area contributed by atoms with Crippen LogP contribution in [0, 0.1) is 17.3 Å². The largest absolute Gasteiger partial charge is 0.269 e. The molecule has 1 aromatic carbocycles. The van der Waals surface area contributed by atoms with Crippen LogP contribution in [0.15, 0.2) is 36.4 Å². The average molecular weight is 383 g/mol. The molecule has 3 aliphatic carbocycles. The van der Waals surface area contributed by atoms with E-state index in [9.17, 15) is 9.59 Å². The lowest BCUT2D eigenvalue weighted by atomic mass is 9.44. The summed E-state index contributed by atoms with van der Waals surface area (Å²) in [5.41, 5.74) is 0.675. The summed E-state index contributed by atoms with van der Waals surface area (Å²) in [6.07, 6.45) is 5.96. The molecule has 1 aliphatic heterocycles. The molecular formula is C23H29NO4. The standard InChI is InChI=1S/C23H29NO4/c1-21(2)15-11-12-23(5,18(21)14-15)28-27-22(3,4)16-7-6-8-17(13-16)24-19(25)9-10-20(24)26/h6-10,13,15,18H,11-12,14H2,1-5H3. The summed E-state index contributed by atoms with van der Waals surface area (Å²) in [5.74, 6) is 0.636. The molecule has 1 heterocycles. The Hall–Kier alpha value is -1.98. The maximum atomic E-state index is 12.0. The Balaban J connectivity index is 1.50. The monoisotopic (exact) mass is 383 g/mol. The Kier molecular flexibility index (Phi) is 4.32. The number of hydrogen-bond acceptors (Lipinski definition) is 4. The molecule has 0 N–H and O–H groups in total. The minimum atomic E-state index is -0.719. The van der Waals surface area contributed by atoms with Crippen LogP contribution in [-0.4, -0.2) is 17.4 Å². The molecule has 3 unspecified atom stereocenters. The SMILES string of the molecule is CC(C)(OOC1(C)CCC2CC1C2(C)C)c1cccc(N2C(=O)C=CC2=O)c1. The highest BCUT2D eigenvalue weighted by atomic mass is 17.2. The first-order valence-electron chi connectivity index (χ1n) is 10.1. The number of hydrogen-bond donors (Lipinski definition) is 0. The van der Waals surface area contributed by atoms with Gasteiger partial charge < -0.3 is 0 Å². The lowest BCUT2D eigenvalue weighted by molar-refractivity contribution is -0.439. The Bertz CT molecular complexity index is 836. The lowest BCUT2D eigenvalue weighted by Crippen LogP contribution is -2.61. The summed E-state index contributed by atoms with van der Waals surface area (Å²) in [7, 11) is 0. The summed E-state index contributed by atoms with van der Waals surface area (Å²) >= 11 is 0. The van der Waals surface area contributed by atoms with Crippen LogP contribution in [-0.2, 0) is 25.0 Å². The topological polar surface area (TPSA) is 55.8 Å². The third-order valence-electron chi connectivity index (χ3n) is 7.25. The first-order valence-corrected chi connectivity index (χ1v) is 10.1. The van der Waals surface area contributed by atoms with Gasteiger partial charge in [-0.05, 0) is 75.0 Å². The van der Waals surface area contributed by atoms with E-state index < -0.39 is 5.60 Å². The second kappa shape index (κ2) is 6.26. The summed E-state index contributed by atoms with van der Waals surface area (Å²) in [4.78, 5) is 37.3. The van der Waals surface area contributed by atoms with Gasteiger partial charge in [0.1, 0.15) is 11.2 Å². The number of rotatable bonds is 5. The first-order chi connectivity index (χ1) is 13.0. The molecule has 150 valence electrons. The molecule has 5 nitrogen and oxygen atoms in total. The van der Waals surface area contributed by atoms with Crippen molar-refractivity contribution < 1.29 is 19.4 Å². The normalized spacial score (nSPS) is 31.2. The maximum Gasteiger partial charge on any atom is 0.258 e. The van der Waals surface area contributed by atoms with Crippen LogP contribution in [0.4, 0.5) is 5.69 Å². The van der Waals surface area contributed by atoms with Gasteiger partial charge in [0.05, 0.1) is 5.69 Å². The molecule has 0 saturated heterocycles. The van der Waals surface area contributed by atoms with E-state index in [0.717, 1.165) is 17.9 Å². The van der Waals surface area contributed by atoms with Crippen LogP contribution in [0.2, 0.25) is 0 Å². The molecule has 4 aliphatic rings. The van der Waals surface area contributed by atoms with Gasteiger partial charge in [-0.2, -0.15) is 0 Å². The molecule has 5 heteroatoms. The van der Waals surface area contributed by atoms with E-state index in [1.807, 2.05) is 32.0 Å². The molecule has 3 atom stereocenters. The van der Waals surface area contributed by atoms with Crippen molar-refractivity contribution in [2.24, 2.45) is 17.3 Å². The summed E-state index contributed by atoms with van der Waals surface area (Å²) in [6.45, 7) is 10.7. The Labute approximate surface area is 166 Å². The predicted octanol–water partition coefficient (Wildman–Crippen LogP) is 4.51. The molecule has 3 fully saturated rings. The second-order valence-electron chi connectivity index (χ2n) is 9.73. The van der Waals surface area contributed by atoms with Gasteiger partial charge in [-0.1, -0.05) is 26.0 Å². The zero-order chi connectivity index (χ0) is 20.3. The minimum Gasteiger partial charge on any atom is -0.269 e. The fourth-order valence-corrected chi connectivity index (χ4v) is 5.20. The van der Waals surface area contributed by atoms with Crippen molar-refractivity contribution in [2.45, 2.75) is 65.1 Å². The minimum absolute atomic E-state index is 0.294. The molecule has 2 bridgehead atoms. The summed E-state index contributed by atoms with van der Waals surface area (Å²) in [6, 6.07) is 7.33. The molecule has 28 heavy (non-hydrogen) atoms. The number of imide groups is 1. The van der Waals surface area contributed by atoms with E-state index in [0.29, 0.717) is 17.0 Å². The molecule has 3 saturated carbocycles. The zero-order valence-corrected chi connectivity index (χ0v) is 17.3. The number of benzene rings is 1. The molecule has 0 aromatic heterocycles. The van der Waals surface area contributed by atoms with Crippen molar-refractivity contribution in [3.63, 3.8) is 0 Å². The second-order valence-corrected chi connectivity index (χ2v) is 9.73. The first kappa shape index (κ1) is 19.3. The van der Waals surface area contributed by atoms with Gasteiger partial charge in [-0.3, -0.25) is 9.59 Å².